The van der Waals surface area contributed by atoms with Crippen LogP contribution in [0.2, 0.25) is 0 Å². The molecule has 1 amide bonds. The molecule has 3 aliphatic rings. The van der Waals surface area contributed by atoms with Crippen molar-refractivity contribution in [3.05, 3.63) is 34.0 Å². The Morgan fingerprint density at radius 2 is 1.97 bits per heavy atom. The Morgan fingerprint density at radius 1 is 1.29 bits per heavy atom. The van der Waals surface area contributed by atoms with E-state index in [1.165, 1.54) is 6.07 Å². The topological polar surface area (TPSA) is 151 Å². The Balaban J connectivity index is 1.52. The van der Waals surface area contributed by atoms with Crippen LogP contribution in [0.1, 0.15) is 50.6 Å². The zero-order valence-corrected chi connectivity index (χ0v) is 21.0. The Hall–Kier alpha value is -3.25. The van der Waals surface area contributed by atoms with E-state index in [0.29, 0.717) is 23.1 Å². The minimum atomic E-state index is -0.730. The number of carbonyl (C=O) groups excluding carboxylic acids is 1. The number of ether oxygens (including phenoxy) is 2. The summed E-state index contributed by atoms with van der Waals surface area (Å²) in [4.78, 5) is 25.8. The number of anilines is 3. The summed E-state index contributed by atoms with van der Waals surface area (Å²) in [5, 5.41) is 24.7. The number of allylic oxidation sites excluding steroid dienone is 2. The van der Waals surface area contributed by atoms with Gasteiger partial charge in [0.1, 0.15) is 0 Å². The van der Waals surface area contributed by atoms with Crippen molar-refractivity contribution in [3.63, 3.8) is 0 Å². The first-order valence-corrected chi connectivity index (χ1v) is 12.1. The number of amides is 1. The van der Waals surface area contributed by atoms with Gasteiger partial charge in [0.15, 0.2) is 5.76 Å². The third-order valence-electron chi connectivity index (χ3n) is 6.00. The van der Waals surface area contributed by atoms with Gasteiger partial charge in [0.25, 0.3) is 5.91 Å². The maximum Gasteiger partial charge on any atom is 0.381 e. The molecule has 0 unspecified atom stereocenters. The highest BCUT2D eigenvalue weighted by atomic mass is 32.1. The summed E-state index contributed by atoms with van der Waals surface area (Å²) in [5.74, 6) is 0.0139. The van der Waals surface area contributed by atoms with Crippen LogP contribution in [0.25, 0.3) is 0 Å². The molecule has 0 saturated heterocycles. The fourth-order valence-electron chi connectivity index (χ4n) is 4.26. The molecule has 2 aromatic rings. The Labute approximate surface area is 206 Å². The van der Waals surface area contributed by atoms with Crippen molar-refractivity contribution in [1.29, 1.82) is 5.41 Å². The van der Waals surface area contributed by atoms with Gasteiger partial charge < -0.3 is 29.9 Å². The van der Waals surface area contributed by atoms with Crippen LogP contribution in [0.4, 0.5) is 16.0 Å². The van der Waals surface area contributed by atoms with E-state index in [1.54, 1.807) is 20.1 Å². The lowest BCUT2D eigenvalue weighted by molar-refractivity contribution is 0.00164. The van der Waals surface area contributed by atoms with E-state index in [-0.39, 0.29) is 34.2 Å². The van der Waals surface area contributed by atoms with Crippen molar-refractivity contribution < 1.29 is 18.7 Å². The molecule has 0 aromatic carbocycles. The fraction of sp³-hybridized carbons (Fsp3) is 0.522. The van der Waals surface area contributed by atoms with Gasteiger partial charge in [-0.3, -0.25) is 10.1 Å². The average Bonchev–Trinajstić information content (AvgIpc) is 3.15. The lowest BCUT2D eigenvalue weighted by Crippen LogP contribution is -2.63. The van der Waals surface area contributed by atoms with E-state index >= 15 is 0 Å². The smallest absolute Gasteiger partial charge is 0.381 e. The second kappa shape index (κ2) is 9.78. The summed E-state index contributed by atoms with van der Waals surface area (Å²) in [6.45, 7) is 6.43. The van der Waals surface area contributed by atoms with E-state index in [9.17, 15) is 9.59 Å². The maximum atomic E-state index is 12.9. The minimum Gasteiger partial charge on any atom is -0.484 e. The second-order valence-electron chi connectivity index (χ2n) is 9.92. The second-order valence-corrected chi connectivity index (χ2v) is 10.9. The van der Waals surface area contributed by atoms with Gasteiger partial charge >= 0.3 is 5.63 Å². The van der Waals surface area contributed by atoms with Gasteiger partial charge in [0, 0.05) is 36.0 Å². The summed E-state index contributed by atoms with van der Waals surface area (Å²) in [7, 11) is 1.62. The van der Waals surface area contributed by atoms with Crippen molar-refractivity contribution in [1.82, 2.24) is 10.2 Å². The predicted molar refractivity (Wildman–Crippen MR) is 134 cm³/mol. The van der Waals surface area contributed by atoms with Gasteiger partial charge in [0.2, 0.25) is 16.0 Å². The van der Waals surface area contributed by atoms with E-state index in [1.807, 2.05) is 13.8 Å². The third-order valence-corrected chi connectivity index (χ3v) is 6.75. The third kappa shape index (κ3) is 5.70. The first-order chi connectivity index (χ1) is 16.6. The van der Waals surface area contributed by atoms with Gasteiger partial charge in [-0.2, -0.15) is 0 Å². The maximum absolute atomic E-state index is 12.9. The SMILES string of the molecule is COCC(C)(C)COc1c(NC23CC(C2)C3)cc(C(=O)Nc2nnc(N/C(C)=C\C=N)s2)oc1=O. The van der Waals surface area contributed by atoms with Crippen LogP contribution < -0.4 is 26.3 Å². The minimum absolute atomic E-state index is 0.0476. The molecule has 2 aromatic heterocycles. The highest BCUT2D eigenvalue weighted by Gasteiger charge is 2.57. The van der Waals surface area contributed by atoms with Crippen LogP contribution in [0.3, 0.4) is 0 Å². The number of hydrogen-bond acceptors (Lipinski definition) is 11. The molecule has 188 valence electrons. The summed E-state index contributed by atoms with van der Waals surface area (Å²) in [6.07, 6.45) is 5.83. The summed E-state index contributed by atoms with van der Waals surface area (Å²) in [6, 6.07) is 1.51. The molecule has 0 radical (unpaired) electrons. The number of nitrogens with one attached hydrogen (secondary N) is 4. The van der Waals surface area contributed by atoms with Crippen LogP contribution in [0.15, 0.2) is 27.1 Å². The molecule has 11 nitrogen and oxygen atoms in total. The number of hydrogen-bond donors (Lipinski definition) is 4. The van der Waals surface area contributed by atoms with Crippen molar-refractivity contribution in [2.24, 2.45) is 11.3 Å². The zero-order chi connectivity index (χ0) is 25.2. The molecule has 2 heterocycles. The predicted octanol–water partition coefficient (Wildman–Crippen LogP) is 3.72. The zero-order valence-electron chi connectivity index (χ0n) is 20.2. The van der Waals surface area contributed by atoms with Crippen molar-refractivity contribution in [2.75, 3.05) is 36.3 Å². The van der Waals surface area contributed by atoms with Gasteiger partial charge in [-0.25, -0.2) is 4.79 Å². The lowest BCUT2D eigenvalue weighted by atomic mass is 9.50. The number of rotatable bonds is 12. The normalized spacial score (nSPS) is 20.9. The van der Waals surface area contributed by atoms with Crippen LogP contribution in [-0.4, -0.2) is 48.2 Å². The van der Waals surface area contributed by atoms with E-state index in [4.69, 9.17) is 19.3 Å². The highest BCUT2D eigenvalue weighted by molar-refractivity contribution is 7.19. The van der Waals surface area contributed by atoms with E-state index in [0.717, 1.165) is 42.7 Å². The van der Waals surface area contributed by atoms with Crippen molar-refractivity contribution in [3.8, 4) is 5.75 Å². The largest absolute Gasteiger partial charge is 0.484 e. The highest BCUT2D eigenvalue weighted by Crippen LogP contribution is 2.59. The van der Waals surface area contributed by atoms with Crippen molar-refractivity contribution in [2.45, 2.75) is 45.6 Å². The van der Waals surface area contributed by atoms with Crippen LogP contribution in [-0.2, 0) is 4.74 Å². The van der Waals surface area contributed by atoms with Gasteiger partial charge in [-0.1, -0.05) is 25.2 Å². The summed E-state index contributed by atoms with van der Waals surface area (Å²) in [5.41, 5.74) is 0.0553. The molecule has 12 heteroatoms. The fourth-order valence-corrected chi connectivity index (χ4v) is 4.96. The first-order valence-electron chi connectivity index (χ1n) is 11.3. The van der Waals surface area contributed by atoms with Crippen LogP contribution in [0.5, 0.6) is 5.75 Å². The van der Waals surface area contributed by atoms with E-state index < -0.39 is 11.5 Å². The number of aromatic nitrogens is 2. The molecular formula is C23H30N6O5S. The molecule has 3 aliphatic carbocycles. The molecule has 0 aliphatic heterocycles. The van der Waals surface area contributed by atoms with Gasteiger partial charge in [-0.15, -0.1) is 10.2 Å². The molecule has 5 rings (SSSR count). The first kappa shape index (κ1) is 24.9. The molecular weight excluding hydrogens is 472 g/mol. The Kier molecular flexibility index (Phi) is 6.95. The standard InChI is InChI=1S/C23H30N6O5S/c1-13(5-6-24)25-20-28-29-21(35-20)26-18(30)16-7-15(27-23-8-14(9-23)10-23)17(19(31)34-16)33-12-22(2,3)11-32-4/h5-7,14,24,27H,8-12H2,1-4H3,(H,25,28)(H,26,29,30)/b13-5-,24-6?. The molecule has 3 fully saturated rings. The van der Waals surface area contributed by atoms with E-state index in [2.05, 4.69) is 26.1 Å². The Bertz CT molecular complexity index is 1190. The molecule has 4 N–H and O–H groups in total. The molecule has 2 bridgehead atoms. The Morgan fingerprint density at radius 3 is 2.57 bits per heavy atom. The average molecular weight is 503 g/mol. The van der Waals surface area contributed by atoms with Crippen LogP contribution >= 0.6 is 11.3 Å². The molecule has 3 saturated carbocycles. The molecule has 35 heavy (non-hydrogen) atoms. The summed E-state index contributed by atoms with van der Waals surface area (Å²) >= 11 is 1.11. The van der Waals surface area contributed by atoms with Gasteiger partial charge in [0.05, 0.1) is 18.9 Å². The lowest BCUT2D eigenvalue weighted by Gasteiger charge is -2.62. The van der Waals surface area contributed by atoms with Crippen molar-refractivity contribution >= 4 is 39.4 Å². The number of nitrogens with zero attached hydrogens (tertiary/aromatic N) is 2. The monoisotopic (exact) mass is 502 g/mol. The number of methoxy groups -OCH3 is 1. The van der Waals surface area contributed by atoms with Gasteiger partial charge in [-0.05, 0) is 38.2 Å². The van der Waals surface area contributed by atoms with Crippen LogP contribution in [0, 0.1) is 16.7 Å². The summed E-state index contributed by atoms with van der Waals surface area (Å²) < 4.78 is 16.5. The molecule has 0 spiro atoms. The number of carbonyl (C=O) groups is 1. The quantitative estimate of drug-likeness (QED) is 0.318. The molecule has 0 atom stereocenters.